The molecule has 4 N–H and O–H groups in total. The van der Waals surface area contributed by atoms with Crippen molar-refractivity contribution in [1.29, 1.82) is 0 Å². The van der Waals surface area contributed by atoms with Crippen LogP contribution in [0.25, 0.3) is 0 Å². The quantitative estimate of drug-likeness (QED) is 0.620. The number of nitrogens with two attached hydrogens (primary N) is 1. The number of rotatable bonds is 5. The monoisotopic (exact) mass is 214 g/mol. The summed E-state index contributed by atoms with van der Waals surface area (Å²) in [5.41, 5.74) is 5.37. The van der Waals surface area contributed by atoms with Gasteiger partial charge >= 0.3 is 0 Å². The van der Waals surface area contributed by atoms with Crippen LogP contribution in [0, 0.1) is 5.92 Å². The lowest BCUT2D eigenvalue weighted by Gasteiger charge is -2.21. The highest BCUT2D eigenvalue weighted by Crippen LogP contribution is 2.25. The van der Waals surface area contributed by atoms with E-state index in [2.05, 4.69) is 5.32 Å². The molecule has 0 spiro atoms. The Morgan fingerprint density at radius 2 is 2.07 bits per heavy atom. The van der Waals surface area contributed by atoms with Gasteiger partial charge < -0.3 is 16.2 Å². The van der Waals surface area contributed by atoms with Crippen LogP contribution in [0.2, 0.25) is 0 Å². The zero-order valence-electron chi connectivity index (χ0n) is 9.24. The number of aliphatic hydroxyl groups excluding tert-OH is 1. The minimum absolute atomic E-state index is 0.242. The first-order chi connectivity index (χ1) is 7.24. The molecule has 4 heteroatoms. The molecule has 0 aliphatic heterocycles. The average molecular weight is 214 g/mol. The summed E-state index contributed by atoms with van der Waals surface area (Å²) in [5.74, 6) is 0.526. The van der Waals surface area contributed by atoms with Gasteiger partial charge in [-0.1, -0.05) is 32.1 Å². The van der Waals surface area contributed by atoms with Gasteiger partial charge in [-0.05, 0) is 12.3 Å². The first kappa shape index (κ1) is 12.5. The Bertz CT molecular complexity index is 191. The lowest BCUT2D eigenvalue weighted by atomic mass is 9.87. The van der Waals surface area contributed by atoms with Gasteiger partial charge in [-0.2, -0.15) is 0 Å². The van der Waals surface area contributed by atoms with Crippen LogP contribution in [0.3, 0.4) is 0 Å². The Morgan fingerprint density at radius 3 is 2.67 bits per heavy atom. The van der Waals surface area contributed by atoms with Crippen molar-refractivity contribution in [3.05, 3.63) is 0 Å². The van der Waals surface area contributed by atoms with E-state index in [0.29, 0.717) is 6.54 Å². The number of carbonyl (C=O) groups excluding carboxylic acids is 1. The fourth-order valence-electron chi connectivity index (χ4n) is 2.09. The van der Waals surface area contributed by atoms with E-state index in [1.807, 2.05) is 0 Å². The highest BCUT2D eigenvalue weighted by molar-refractivity contribution is 5.81. The molecule has 1 rings (SSSR count). The standard InChI is InChI=1S/C11H22N2O2/c12-10(8-14)11(15)13-7-6-9-4-2-1-3-5-9/h9-10,14H,1-8,12H2,(H,13,15). The number of hydrogen-bond donors (Lipinski definition) is 3. The van der Waals surface area contributed by atoms with Gasteiger partial charge in [0.1, 0.15) is 6.04 Å². The van der Waals surface area contributed by atoms with E-state index in [4.69, 9.17) is 10.8 Å². The molecule has 0 radical (unpaired) electrons. The molecule has 15 heavy (non-hydrogen) atoms. The summed E-state index contributed by atoms with van der Waals surface area (Å²) in [6, 6.07) is -0.767. The fourth-order valence-corrected chi connectivity index (χ4v) is 2.09. The minimum atomic E-state index is -0.767. The molecule has 1 unspecified atom stereocenters. The van der Waals surface area contributed by atoms with E-state index in [0.717, 1.165) is 12.3 Å². The highest BCUT2D eigenvalue weighted by Gasteiger charge is 2.15. The third-order valence-electron chi connectivity index (χ3n) is 3.11. The van der Waals surface area contributed by atoms with E-state index in [1.54, 1.807) is 0 Å². The lowest BCUT2D eigenvalue weighted by molar-refractivity contribution is -0.123. The average Bonchev–Trinajstić information content (AvgIpc) is 2.29. The molecule has 0 bridgehead atoms. The van der Waals surface area contributed by atoms with Crippen molar-refractivity contribution in [2.24, 2.45) is 11.7 Å². The van der Waals surface area contributed by atoms with Crippen molar-refractivity contribution in [1.82, 2.24) is 5.32 Å². The van der Waals surface area contributed by atoms with E-state index in [-0.39, 0.29) is 12.5 Å². The fraction of sp³-hybridized carbons (Fsp3) is 0.909. The number of aliphatic hydroxyl groups is 1. The van der Waals surface area contributed by atoms with Crippen LogP contribution in [0.1, 0.15) is 38.5 Å². The van der Waals surface area contributed by atoms with Gasteiger partial charge in [0.25, 0.3) is 0 Å². The molecule has 4 nitrogen and oxygen atoms in total. The highest BCUT2D eigenvalue weighted by atomic mass is 16.3. The third kappa shape index (κ3) is 4.62. The van der Waals surface area contributed by atoms with Gasteiger partial charge in [0.2, 0.25) is 5.91 Å². The van der Waals surface area contributed by atoms with Crippen LogP contribution >= 0.6 is 0 Å². The third-order valence-corrected chi connectivity index (χ3v) is 3.11. The van der Waals surface area contributed by atoms with Crippen LogP contribution in [0.4, 0.5) is 0 Å². The van der Waals surface area contributed by atoms with E-state index < -0.39 is 6.04 Å². The molecule has 1 aliphatic rings. The van der Waals surface area contributed by atoms with Gasteiger partial charge in [-0.25, -0.2) is 0 Å². The molecule has 1 saturated carbocycles. The second kappa shape index (κ2) is 6.80. The zero-order valence-corrected chi connectivity index (χ0v) is 9.24. The Hall–Kier alpha value is -0.610. The molecular weight excluding hydrogens is 192 g/mol. The molecule has 0 aromatic heterocycles. The molecule has 1 fully saturated rings. The van der Waals surface area contributed by atoms with Crippen molar-refractivity contribution in [3.8, 4) is 0 Å². The number of amides is 1. The van der Waals surface area contributed by atoms with Crippen molar-refractivity contribution in [2.45, 2.75) is 44.6 Å². The second-order valence-corrected chi connectivity index (χ2v) is 4.37. The van der Waals surface area contributed by atoms with Crippen molar-refractivity contribution in [2.75, 3.05) is 13.2 Å². The summed E-state index contributed by atoms with van der Waals surface area (Å²) in [5, 5.41) is 11.4. The van der Waals surface area contributed by atoms with Gasteiger partial charge in [0.15, 0.2) is 0 Å². The number of nitrogens with one attached hydrogen (secondary N) is 1. The summed E-state index contributed by atoms with van der Waals surface area (Å²) in [7, 11) is 0. The molecule has 0 heterocycles. The summed E-state index contributed by atoms with van der Waals surface area (Å²) in [6.07, 6.45) is 7.65. The van der Waals surface area contributed by atoms with Crippen LogP contribution in [0.15, 0.2) is 0 Å². The Balaban J connectivity index is 2.07. The predicted molar refractivity (Wildman–Crippen MR) is 59.3 cm³/mol. The molecule has 0 saturated heterocycles. The first-order valence-corrected chi connectivity index (χ1v) is 5.88. The van der Waals surface area contributed by atoms with Crippen LogP contribution in [-0.4, -0.2) is 30.2 Å². The van der Waals surface area contributed by atoms with Crippen molar-refractivity contribution >= 4 is 5.91 Å². The van der Waals surface area contributed by atoms with Gasteiger partial charge in [-0.15, -0.1) is 0 Å². The van der Waals surface area contributed by atoms with E-state index in [9.17, 15) is 4.79 Å². The maximum Gasteiger partial charge on any atom is 0.239 e. The van der Waals surface area contributed by atoms with E-state index >= 15 is 0 Å². The largest absolute Gasteiger partial charge is 0.394 e. The Kier molecular flexibility index (Phi) is 5.65. The second-order valence-electron chi connectivity index (χ2n) is 4.37. The molecule has 0 aromatic rings. The smallest absolute Gasteiger partial charge is 0.239 e. The normalized spacial score (nSPS) is 19.9. The van der Waals surface area contributed by atoms with Crippen LogP contribution in [-0.2, 0) is 4.79 Å². The van der Waals surface area contributed by atoms with Gasteiger partial charge in [-0.3, -0.25) is 4.79 Å². The number of hydrogen-bond acceptors (Lipinski definition) is 3. The maximum atomic E-state index is 11.2. The maximum absolute atomic E-state index is 11.2. The summed E-state index contributed by atoms with van der Waals surface area (Å²) in [4.78, 5) is 11.2. The summed E-state index contributed by atoms with van der Waals surface area (Å²) >= 11 is 0. The zero-order chi connectivity index (χ0) is 11.1. The van der Waals surface area contributed by atoms with Crippen LogP contribution < -0.4 is 11.1 Å². The molecule has 1 aliphatic carbocycles. The summed E-state index contributed by atoms with van der Waals surface area (Å²) in [6.45, 7) is 0.409. The van der Waals surface area contributed by atoms with Crippen molar-refractivity contribution in [3.63, 3.8) is 0 Å². The van der Waals surface area contributed by atoms with Crippen molar-refractivity contribution < 1.29 is 9.90 Å². The Morgan fingerprint density at radius 1 is 1.40 bits per heavy atom. The topological polar surface area (TPSA) is 75.3 Å². The molecule has 1 atom stereocenters. The molecular formula is C11H22N2O2. The predicted octanol–water partition coefficient (Wildman–Crippen LogP) is 0.393. The molecule has 88 valence electrons. The van der Waals surface area contributed by atoms with E-state index in [1.165, 1.54) is 32.1 Å². The molecule has 1 amide bonds. The lowest BCUT2D eigenvalue weighted by Crippen LogP contribution is -2.43. The SMILES string of the molecule is NC(CO)C(=O)NCCC1CCCCC1. The van der Waals surface area contributed by atoms with Gasteiger partial charge in [0.05, 0.1) is 6.61 Å². The summed E-state index contributed by atoms with van der Waals surface area (Å²) < 4.78 is 0. The molecule has 0 aromatic carbocycles. The minimum Gasteiger partial charge on any atom is -0.394 e. The Labute approximate surface area is 91.2 Å². The number of carbonyl (C=O) groups is 1. The van der Waals surface area contributed by atoms with Gasteiger partial charge in [0, 0.05) is 6.54 Å². The van der Waals surface area contributed by atoms with Crippen LogP contribution in [0.5, 0.6) is 0 Å². The first-order valence-electron chi connectivity index (χ1n) is 5.88.